The van der Waals surface area contributed by atoms with Crippen molar-refractivity contribution in [3.8, 4) is 0 Å². The minimum atomic E-state index is -0.180. The van der Waals surface area contributed by atoms with Crippen molar-refractivity contribution in [2.24, 2.45) is 12.8 Å². The maximum Gasteiger partial charge on any atom is 0.227 e. The van der Waals surface area contributed by atoms with Crippen LogP contribution >= 0.6 is 12.2 Å². The molecule has 1 aromatic heterocycles. The molecule has 0 fully saturated rings. The van der Waals surface area contributed by atoms with E-state index in [1.165, 1.54) is 0 Å². The topological polar surface area (TPSA) is 72.9 Å². The smallest absolute Gasteiger partial charge is 0.227 e. The van der Waals surface area contributed by atoms with Gasteiger partial charge >= 0.3 is 0 Å². The third-order valence-electron chi connectivity index (χ3n) is 1.70. The molecule has 0 spiro atoms. The lowest BCUT2D eigenvalue weighted by molar-refractivity contribution is -0.120. The number of amides is 1. The van der Waals surface area contributed by atoms with Gasteiger partial charge in [0.2, 0.25) is 5.91 Å². The van der Waals surface area contributed by atoms with Crippen LogP contribution in [0.25, 0.3) is 0 Å². The molecule has 0 aliphatic rings. The average Bonchev–Trinajstić information content (AvgIpc) is 2.46. The van der Waals surface area contributed by atoms with Gasteiger partial charge in [0.1, 0.15) is 5.82 Å². The Bertz CT molecular complexity index is 347. The highest BCUT2D eigenvalue weighted by molar-refractivity contribution is 7.80. The SMILES string of the molecule is Cn1ccnc1CNC(=O)CC(N)=S. The van der Waals surface area contributed by atoms with Crippen molar-refractivity contribution in [2.75, 3.05) is 0 Å². The molecule has 0 unspecified atom stereocenters. The lowest BCUT2D eigenvalue weighted by Gasteiger charge is -2.04. The van der Waals surface area contributed by atoms with Crippen LogP contribution in [0, 0.1) is 0 Å². The molecule has 1 heterocycles. The van der Waals surface area contributed by atoms with E-state index in [9.17, 15) is 4.79 Å². The lowest BCUT2D eigenvalue weighted by atomic mass is 10.4. The summed E-state index contributed by atoms with van der Waals surface area (Å²) >= 11 is 4.61. The molecular weight excluding hydrogens is 200 g/mol. The fourth-order valence-electron chi connectivity index (χ4n) is 0.965. The van der Waals surface area contributed by atoms with E-state index >= 15 is 0 Å². The number of hydrogen-bond donors (Lipinski definition) is 2. The number of nitrogens with two attached hydrogens (primary N) is 1. The number of nitrogens with zero attached hydrogens (tertiary/aromatic N) is 2. The molecule has 14 heavy (non-hydrogen) atoms. The van der Waals surface area contributed by atoms with Crippen LogP contribution in [0.3, 0.4) is 0 Å². The average molecular weight is 212 g/mol. The van der Waals surface area contributed by atoms with Crippen LogP contribution in [-0.2, 0) is 18.4 Å². The first-order chi connectivity index (χ1) is 6.59. The largest absolute Gasteiger partial charge is 0.393 e. The minimum Gasteiger partial charge on any atom is -0.393 e. The van der Waals surface area contributed by atoms with E-state index in [0.717, 1.165) is 5.82 Å². The molecule has 0 saturated heterocycles. The number of nitrogens with one attached hydrogen (secondary N) is 1. The standard InChI is InChI=1S/C8H12N4OS/c1-12-3-2-10-7(12)5-11-8(13)4-6(9)14/h2-3H,4-5H2,1H3,(H2,9,14)(H,11,13). The Morgan fingerprint density at radius 3 is 3.00 bits per heavy atom. The Balaban J connectivity index is 2.38. The molecule has 3 N–H and O–H groups in total. The summed E-state index contributed by atoms with van der Waals surface area (Å²) in [6, 6.07) is 0. The first-order valence-corrected chi connectivity index (χ1v) is 4.51. The number of rotatable bonds is 4. The van der Waals surface area contributed by atoms with Gasteiger partial charge in [-0.25, -0.2) is 4.98 Å². The molecule has 0 radical (unpaired) electrons. The summed E-state index contributed by atoms with van der Waals surface area (Å²) in [4.78, 5) is 15.4. The van der Waals surface area contributed by atoms with Gasteiger partial charge in [-0.1, -0.05) is 12.2 Å². The fourth-order valence-corrected chi connectivity index (χ4v) is 1.10. The maximum atomic E-state index is 11.1. The lowest BCUT2D eigenvalue weighted by Crippen LogP contribution is -2.28. The molecule has 0 aliphatic heterocycles. The van der Waals surface area contributed by atoms with Crippen LogP contribution < -0.4 is 11.1 Å². The van der Waals surface area contributed by atoms with Gasteiger partial charge in [-0.15, -0.1) is 0 Å². The number of aromatic nitrogens is 2. The van der Waals surface area contributed by atoms with Crippen LogP contribution in [0.4, 0.5) is 0 Å². The van der Waals surface area contributed by atoms with Crippen LogP contribution in [0.15, 0.2) is 12.4 Å². The van der Waals surface area contributed by atoms with Crippen LogP contribution in [0.1, 0.15) is 12.2 Å². The third-order valence-corrected chi connectivity index (χ3v) is 1.84. The van der Waals surface area contributed by atoms with E-state index < -0.39 is 0 Å². The molecule has 0 aliphatic carbocycles. The van der Waals surface area contributed by atoms with Gasteiger partial charge in [-0.05, 0) is 0 Å². The van der Waals surface area contributed by atoms with Crippen molar-refractivity contribution in [1.29, 1.82) is 0 Å². The molecular formula is C8H12N4OS. The van der Waals surface area contributed by atoms with E-state index in [0.29, 0.717) is 6.54 Å². The van der Waals surface area contributed by atoms with E-state index in [2.05, 4.69) is 22.5 Å². The number of thiocarbonyl (C=S) groups is 1. The summed E-state index contributed by atoms with van der Waals surface area (Å²) in [6.07, 6.45) is 3.57. The van der Waals surface area contributed by atoms with Crippen molar-refractivity contribution in [3.05, 3.63) is 18.2 Å². The van der Waals surface area contributed by atoms with Crippen molar-refractivity contribution in [1.82, 2.24) is 14.9 Å². The van der Waals surface area contributed by atoms with Gasteiger partial charge in [-0.2, -0.15) is 0 Å². The molecule has 5 nitrogen and oxygen atoms in total. The summed E-state index contributed by atoms with van der Waals surface area (Å²) in [5, 5.41) is 2.67. The Morgan fingerprint density at radius 2 is 2.50 bits per heavy atom. The molecule has 76 valence electrons. The van der Waals surface area contributed by atoms with Gasteiger partial charge in [-0.3, -0.25) is 4.79 Å². The molecule has 0 bridgehead atoms. The number of carbonyl (C=O) groups excluding carboxylic acids is 1. The summed E-state index contributed by atoms with van der Waals surface area (Å²) in [7, 11) is 1.86. The summed E-state index contributed by atoms with van der Waals surface area (Å²) in [5.41, 5.74) is 5.22. The number of carbonyl (C=O) groups is 1. The van der Waals surface area contributed by atoms with Gasteiger partial charge < -0.3 is 15.6 Å². The number of aryl methyl sites for hydroxylation is 1. The third kappa shape index (κ3) is 3.14. The van der Waals surface area contributed by atoms with Crippen LogP contribution in [-0.4, -0.2) is 20.4 Å². The number of imidazole rings is 1. The molecule has 0 saturated carbocycles. The highest BCUT2D eigenvalue weighted by atomic mass is 32.1. The zero-order valence-corrected chi connectivity index (χ0v) is 8.67. The zero-order valence-electron chi connectivity index (χ0n) is 7.86. The molecule has 1 amide bonds. The van der Waals surface area contributed by atoms with Gasteiger partial charge in [0.25, 0.3) is 0 Å². The van der Waals surface area contributed by atoms with Crippen molar-refractivity contribution < 1.29 is 4.79 Å². The second-order valence-corrected chi connectivity index (χ2v) is 3.40. The van der Waals surface area contributed by atoms with Crippen molar-refractivity contribution in [2.45, 2.75) is 13.0 Å². The first-order valence-electron chi connectivity index (χ1n) is 4.11. The highest BCUT2D eigenvalue weighted by Crippen LogP contribution is 1.93. The Hall–Kier alpha value is -1.43. The Labute approximate surface area is 87.3 Å². The maximum absolute atomic E-state index is 11.1. The molecule has 6 heteroatoms. The van der Waals surface area contributed by atoms with Gasteiger partial charge in [0, 0.05) is 19.4 Å². The fraction of sp³-hybridized carbons (Fsp3) is 0.375. The van der Waals surface area contributed by atoms with Crippen molar-refractivity contribution >= 4 is 23.1 Å². The summed E-state index contributed by atoms with van der Waals surface area (Å²) in [6.45, 7) is 0.394. The van der Waals surface area contributed by atoms with Crippen LogP contribution in [0.2, 0.25) is 0 Å². The van der Waals surface area contributed by atoms with Crippen LogP contribution in [0.5, 0.6) is 0 Å². The predicted molar refractivity (Wildman–Crippen MR) is 56.5 cm³/mol. The summed E-state index contributed by atoms with van der Waals surface area (Å²) in [5.74, 6) is 0.613. The zero-order chi connectivity index (χ0) is 10.6. The van der Waals surface area contributed by atoms with Crippen molar-refractivity contribution in [3.63, 3.8) is 0 Å². The second-order valence-electron chi connectivity index (χ2n) is 2.87. The molecule has 0 atom stereocenters. The normalized spacial score (nSPS) is 9.79. The Morgan fingerprint density at radius 1 is 1.79 bits per heavy atom. The highest BCUT2D eigenvalue weighted by Gasteiger charge is 2.04. The minimum absolute atomic E-state index is 0.0831. The molecule has 1 rings (SSSR count). The summed E-state index contributed by atoms with van der Waals surface area (Å²) < 4.78 is 1.83. The Kier molecular flexibility index (Phi) is 3.58. The second kappa shape index (κ2) is 4.71. The van der Waals surface area contributed by atoms with Gasteiger partial charge in [0.05, 0.1) is 18.0 Å². The molecule has 0 aromatic carbocycles. The van der Waals surface area contributed by atoms with E-state index in [-0.39, 0.29) is 17.3 Å². The first kappa shape index (κ1) is 10.6. The van der Waals surface area contributed by atoms with E-state index in [1.807, 2.05) is 17.8 Å². The van der Waals surface area contributed by atoms with E-state index in [4.69, 9.17) is 5.73 Å². The monoisotopic (exact) mass is 212 g/mol. The quantitative estimate of drug-likeness (QED) is 0.673. The molecule has 1 aromatic rings. The van der Waals surface area contributed by atoms with Gasteiger partial charge in [0.15, 0.2) is 0 Å². The number of hydrogen-bond acceptors (Lipinski definition) is 3. The van der Waals surface area contributed by atoms with E-state index in [1.54, 1.807) is 6.20 Å². The predicted octanol–water partition coefficient (Wildman–Crippen LogP) is -0.287.